The van der Waals surface area contributed by atoms with Gasteiger partial charge in [0, 0.05) is 15.5 Å². The second-order valence-corrected chi connectivity index (χ2v) is 12.3. The number of hydrogen-bond acceptors (Lipinski definition) is 6. The van der Waals surface area contributed by atoms with E-state index in [1.807, 2.05) is 78.9 Å². The molecule has 0 bridgehead atoms. The molecule has 1 fully saturated rings. The van der Waals surface area contributed by atoms with Crippen LogP contribution in [0.5, 0.6) is 5.75 Å². The fourth-order valence-electron chi connectivity index (χ4n) is 4.31. The smallest absolute Gasteiger partial charge is 0.413 e. The third-order valence-corrected chi connectivity index (χ3v) is 7.20. The summed E-state index contributed by atoms with van der Waals surface area (Å²) in [5.41, 5.74) is -1.19. The molecule has 4 rings (SSSR count). The molecule has 1 aliphatic rings. The van der Waals surface area contributed by atoms with E-state index in [0.717, 1.165) is 21.1 Å². The highest BCUT2D eigenvalue weighted by atomic mass is 32.2. The molecule has 39 heavy (non-hydrogen) atoms. The molecular formula is C31H36N2O5S. The molecular weight excluding hydrogens is 512 g/mol. The lowest BCUT2D eigenvalue weighted by Crippen LogP contribution is -2.60. The SMILES string of the molecule is CC(C)(C)OC(=O)N1C(C)(C)OCC1(C)C(=O)Nc1ccc(Sc2cccc(OCc3ccccc3)c2)cc1. The van der Waals surface area contributed by atoms with Crippen LogP contribution < -0.4 is 10.1 Å². The average molecular weight is 549 g/mol. The minimum Gasteiger partial charge on any atom is -0.489 e. The molecule has 0 radical (unpaired) electrons. The van der Waals surface area contributed by atoms with Gasteiger partial charge in [-0.05, 0) is 89.6 Å². The number of carbonyl (C=O) groups is 2. The number of nitrogens with one attached hydrogen (secondary N) is 1. The topological polar surface area (TPSA) is 77.1 Å². The Morgan fingerprint density at radius 2 is 1.64 bits per heavy atom. The highest BCUT2D eigenvalue weighted by Gasteiger charge is 2.57. The van der Waals surface area contributed by atoms with Gasteiger partial charge in [0.05, 0.1) is 6.61 Å². The third-order valence-electron chi connectivity index (χ3n) is 6.21. The van der Waals surface area contributed by atoms with E-state index >= 15 is 0 Å². The molecule has 1 N–H and O–H groups in total. The fourth-order valence-corrected chi connectivity index (χ4v) is 5.18. The molecule has 3 aromatic carbocycles. The van der Waals surface area contributed by atoms with E-state index in [1.54, 1.807) is 53.3 Å². The average Bonchev–Trinajstić information content (AvgIpc) is 3.13. The maximum Gasteiger partial charge on any atom is 0.413 e. The van der Waals surface area contributed by atoms with Crippen LogP contribution in [0.2, 0.25) is 0 Å². The molecule has 1 saturated heterocycles. The Kier molecular flexibility index (Phi) is 8.28. The molecule has 2 amide bonds. The number of ether oxygens (including phenoxy) is 3. The van der Waals surface area contributed by atoms with E-state index in [1.165, 1.54) is 4.90 Å². The molecule has 206 valence electrons. The van der Waals surface area contributed by atoms with E-state index in [-0.39, 0.29) is 12.5 Å². The number of carbonyl (C=O) groups excluding carboxylic acids is 2. The van der Waals surface area contributed by atoms with Crippen molar-refractivity contribution in [3.8, 4) is 5.75 Å². The summed E-state index contributed by atoms with van der Waals surface area (Å²) in [6.07, 6.45) is -0.593. The fraction of sp³-hybridized carbons (Fsp3) is 0.355. The van der Waals surface area contributed by atoms with Crippen LogP contribution in [0.25, 0.3) is 0 Å². The van der Waals surface area contributed by atoms with Crippen LogP contribution in [-0.2, 0) is 20.9 Å². The number of nitrogens with zero attached hydrogens (tertiary/aromatic N) is 1. The first-order chi connectivity index (χ1) is 18.4. The maximum absolute atomic E-state index is 13.4. The summed E-state index contributed by atoms with van der Waals surface area (Å²) < 4.78 is 17.4. The van der Waals surface area contributed by atoms with Crippen molar-refractivity contribution in [1.82, 2.24) is 4.90 Å². The van der Waals surface area contributed by atoms with Gasteiger partial charge in [0.2, 0.25) is 0 Å². The second kappa shape index (κ2) is 11.3. The zero-order chi connectivity index (χ0) is 28.3. The maximum atomic E-state index is 13.4. The molecule has 8 heteroatoms. The van der Waals surface area contributed by atoms with Crippen molar-refractivity contribution in [1.29, 1.82) is 0 Å². The monoisotopic (exact) mass is 548 g/mol. The zero-order valence-corrected chi connectivity index (χ0v) is 24.1. The van der Waals surface area contributed by atoms with E-state index in [4.69, 9.17) is 14.2 Å². The van der Waals surface area contributed by atoms with Gasteiger partial charge in [-0.25, -0.2) is 4.79 Å². The van der Waals surface area contributed by atoms with Crippen molar-refractivity contribution in [2.75, 3.05) is 11.9 Å². The summed E-state index contributed by atoms with van der Waals surface area (Å²) in [5.74, 6) is 0.458. The predicted molar refractivity (Wildman–Crippen MR) is 153 cm³/mol. The molecule has 1 aliphatic heterocycles. The van der Waals surface area contributed by atoms with Crippen molar-refractivity contribution < 1.29 is 23.8 Å². The van der Waals surface area contributed by atoms with Gasteiger partial charge >= 0.3 is 6.09 Å². The largest absolute Gasteiger partial charge is 0.489 e. The Morgan fingerprint density at radius 1 is 0.949 bits per heavy atom. The van der Waals surface area contributed by atoms with Crippen molar-refractivity contribution >= 4 is 29.4 Å². The van der Waals surface area contributed by atoms with Gasteiger partial charge < -0.3 is 19.5 Å². The Balaban J connectivity index is 1.40. The van der Waals surface area contributed by atoms with Crippen LogP contribution in [0.1, 0.15) is 47.1 Å². The standard InChI is InChI=1S/C31H36N2O5S/c1-29(2,3)38-28(35)33-30(4,5)37-21-31(33,6)27(34)32-23-15-17-25(18-16-23)39-26-14-10-13-24(19-26)36-20-22-11-8-7-9-12-22/h7-19H,20-21H2,1-6H3,(H,32,34). The molecule has 0 aliphatic carbocycles. The minimum atomic E-state index is -1.24. The summed E-state index contributed by atoms with van der Waals surface area (Å²) >= 11 is 1.60. The van der Waals surface area contributed by atoms with Crippen LogP contribution in [0.15, 0.2) is 88.7 Å². The molecule has 1 atom stereocenters. The Morgan fingerprint density at radius 3 is 2.31 bits per heavy atom. The summed E-state index contributed by atoms with van der Waals surface area (Å²) in [6.45, 7) is 11.1. The van der Waals surface area contributed by atoms with Crippen LogP contribution in [0.4, 0.5) is 10.5 Å². The highest BCUT2D eigenvalue weighted by Crippen LogP contribution is 2.37. The lowest BCUT2D eigenvalue weighted by molar-refractivity contribution is -0.127. The van der Waals surface area contributed by atoms with Crippen molar-refractivity contribution in [3.63, 3.8) is 0 Å². The molecule has 1 heterocycles. The molecule has 3 aromatic rings. The third kappa shape index (κ3) is 7.13. The first-order valence-electron chi connectivity index (χ1n) is 12.9. The first kappa shape index (κ1) is 28.5. The molecule has 0 saturated carbocycles. The van der Waals surface area contributed by atoms with Crippen LogP contribution in [-0.4, -0.2) is 40.4 Å². The van der Waals surface area contributed by atoms with Gasteiger partial charge in [-0.1, -0.05) is 48.2 Å². The molecule has 1 unspecified atom stereocenters. The Labute approximate surface area is 234 Å². The van der Waals surface area contributed by atoms with Crippen LogP contribution in [0, 0.1) is 0 Å². The van der Waals surface area contributed by atoms with Crippen LogP contribution in [0.3, 0.4) is 0 Å². The minimum absolute atomic E-state index is 0.0572. The van der Waals surface area contributed by atoms with Gasteiger partial charge in [-0.3, -0.25) is 9.69 Å². The molecule has 0 spiro atoms. The summed E-state index contributed by atoms with van der Waals surface area (Å²) in [4.78, 5) is 29.9. The Bertz CT molecular complexity index is 1300. The number of amides is 2. The normalized spacial score (nSPS) is 18.5. The number of anilines is 1. The van der Waals surface area contributed by atoms with Gasteiger partial charge in [0.25, 0.3) is 5.91 Å². The summed E-state index contributed by atoms with van der Waals surface area (Å²) in [5, 5.41) is 2.94. The summed E-state index contributed by atoms with van der Waals surface area (Å²) in [6, 6.07) is 25.6. The Hall–Kier alpha value is -3.49. The van der Waals surface area contributed by atoms with E-state index in [2.05, 4.69) is 5.32 Å². The van der Waals surface area contributed by atoms with E-state index in [0.29, 0.717) is 12.3 Å². The van der Waals surface area contributed by atoms with Gasteiger partial charge in [-0.2, -0.15) is 0 Å². The van der Waals surface area contributed by atoms with E-state index < -0.39 is 23.0 Å². The van der Waals surface area contributed by atoms with Crippen LogP contribution >= 0.6 is 11.8 Å². The van der Waals surface area contributed by atoms with Crippen molar-refractivity contribution in [3.05, 3.63) is 84.4 Å². The lowest BCUT2D eigenvalue weighted by atomic mass is 9.99. The predicted octanol–water partition coefficient (Wildman–Crippen LogP) is 7.12. The summed E-state index contributed by atoms with van der Waals surface area (Å²) in [7, 11) is 0. The van der Waals surface area contributed by atoms with Gasteiger partial charge in [0.15, 0.2) is 0 Å². The number of rotatable bonds is 7. The molecule has 7 nitrogen and oxygen atoms in total. The van der Waals surface area contributed by atoms with Gasteiger partial charge in [-0.15, -0.1) is 0 Å². The quantitative estimate of drug-likeness (QED) is 0.339. The lowest BCUT2D eigenvalue weighted by Gasteiger charge is -2.39. The van der Waals surface area contributed by atoms with Crippen molar-refractivity contribution in [2.24, 2.45) is 0 Å². The number of benzene rings is 3. The van der Waals surface area contributed by atoms with Gasteiger partial charge in [0.1, 0.15) is 29.2 Å². The van der Waals surface area contributed by atoms with Crippen molar-refractivity contribution in [2.45, 2.75) is 74.8 Å². The zero-order valence-electron chi connectivity index (χ0n) is 23.3. The highest BCUT2D eigenvalue weighted by molar-refractivity contribution is 7.99. The van der Waals surface area contributed by atoms with E-state index in [9.17, 15) is 9.59 Å². The first-order valence-corrected chi connectivity index (χ1v) is 13.7. The number of hydrogen-bond donors (Lipinski definition) is 1. The molecule has 0 aromatic heterocycles. The second-order valence-electron chi connectivity index (χ2n) is 11.2.